The minimum Gasteiger partial charge on any atom is -0.497 e. The second kappa shape index (κ2) is 8.42. The monoisotopic (exact) mass is 303 g/mol. The molecule has 5 heteroatoms. The van der Waals surface area contributed by atoms with Gasteiger partial charge in [-0.2, -0.15) is 0 Å². The molecule has 1 saturated carbocycles. The van der Waals surface area contributed by atoms with Crippen LogP contribution in [-0.4, -0.2) is 30.8 Å². The third-order valence-electron chi connectivity index (χ3n) is 3.66. The maximum Gasteiger partial charge on any atom is 0.275 e. The average Bonchev–Trinajstić information content (AvgIpc) is 2.56. The summed E-state index contributed by atoms with van der Waals surface area (Å²) < 4.78 is 5.06. The van der Waals surface area contributed by atoms with Gasteiger partial charge in [-0.05, 0) is 31.0 Å². The van der Waals surface area contributed by atoms with E-state index >= 15 is 0 Å². The van der Waals surface area contributed by atoms with Crippen LogP contribution in [0.15, 0.2) is 24.3 Å². The highest BCUT2D eigenvalue weighted by Crippen LogP contribution is 2.23. The number of methoxy groups -OCH3 is 1. The average molecular weight is 303 g/mol. The van der Waals surface area contributed by atoms with Crippen LogP contribution in [0.5, 0.6) is 5.75 Å². The van der Waals surface area contributed by atoms with Crippen LogP contribution >= 0.6 is 0 Å². The fourth-order valence-corrected chi connectivity index (χ4v) is 2.41. The molecule has 0 bridgehead atoms. The number of rotatable bonds is 4. The Morgan fingerprint density at radius 1 is 1.41 bits per heavy atom. The summed E-state index contributed by atoms with van der Waals surface area (Å²) >= 11 is 0. The Morgan fingerprint density at radius 2 is 2.23 bits per heavy atom. The lowest BCUT2D eigenvalue weighted by Crippen LogP contribution is -2.24. The molecule has 0 aliphatic heterocycles. The van der Waals surface area contributed by atoms with Gasteiger partial charge in [-0.1, -0.05) is 30.7 Å². The van der Waals surface area contributed by atoms with E-state index in [9.17, 15) is 9.90 Å². The van der Waals surface area contributed by atoms with Crippen molar-refractivity contribution in [2.75, 3.05) is 13.7 Å². The summed E-state index contributed by atoms with van der Waals surface area (Å²) in [6.07, 6.45) is 3.56. The van der Waals surface area contributed by atoms with E-state index in [1.807, 2.05) is 0 Å². The van der Waals surface area contributed by atoms with Gasteiger partial charge in [0.15, 0.2) is 0 Å². The van der Waals surface area contributed by atoms with Gasteiger partial charge < -0.3 is 9.84 Å². The normalized spacial score (nSPS) is 20.6. The molecule has 0 saturated heterocycles. The molecule has 5 nitrogen and oxygen atoms in total. The predicted molar refractivity (Wildman–Crippen MR) is 82.2 cm³/mol. The van der Waals surface area contributed by atoms with Crippen molar-refractivity contribution in [2.45, 2.75) is 31.8 Å². The van der Waals surface area contributed by atoms with E-state index in [1.165, 1.54) is 0 Å². The number of amides is 1. The number of hydroxylamine groups is 1. The molecule has 1 fully saturated rings. The molecule has 2 unspecified atom stereocenters. The lowest BCUT2D eigenvalue weighted by atomic mass is 9.87. The lowest BCUT2D eigenvalue weighted by molar-refractivity contribution is 0.0435. The summed E-state index contributed by atoms with van der Waals surface area (Å²) in [6.45, 7) is 0.0962. The van der Waals surface area contributed by atoms with Crippen molar-refractivity contribution in [2.24, 2.45) is 5.92 Å². The lowest BCUT2D eigenvalue weighted by Gasteiger charge is -2.22. The van der Waals surface area contributed by atoms with E-state index in [0.29, 0.717) is 11.3 Å². The molecule has 1 amide bonds. The fraction of sp³-hybridized carbons (Fsp3) is 0.471. The Bertz CT molecular complexity index is 561. The second-order valence-electron chi connectivity index (χ2n) is 5.23. The van der Waals surface area contributed by atoms with Crippen LogP contribution in [-0.2, 0) is 4.84 Å². The summed E-state index contributed by atoms with van der Waals surface area (Å²) in [5.74, 6) is 6.13. The van der Waals surface area contributed by atoms with Crippen LogP contribution in [0.1, 0.15) is 36.0 Å². The van der Waals surface area contributed by atoms with E-state index < -0.39 is 0 Å². The van der Waals surface area contributed by atoms with Crippen molar-refractivity contribution in [1.82, 2.24) is 5.48 Å². The number of aliphatic hydroxyl groups excluding tert-OH is 1. The van der Waals surface area contributed by atoms with Crippen molar-refractivity contribution in [3.05, 3.63) is 29.8 Å². The Kier molecular flexibility index (Phi) is 6.26. The third-order valence-corrected chi connectivity index (χ3v) is 3.66. The molecule has 0 spiro atoms. The van der Waals surface area contributed by atoms with Gasteiger partial charge in [0.1, 0.15) is 12.4 Å². The number of carbonyl (C=O) groups is 1. The summed E-state index contributed by atoms with van der Waals surface area (Å²) in [4.78, 5) is 16.9. The number of hydrogen-bond donors (Lipinski definition) is 2. The van der Waals surface area contributed by atoms with Gasteiger partial charge in [-0.15, -0.1) is 0 Å². The van der Waals surface area contributed by atoms with Crippen LogP contribution in [0, 0.1) is 17.8 Å². The van der Waals surface area contributed by atoms with Gasteiger partial charge in [0.25, 0.3) is 5.91 Å². The molecule has 2 rings (SSSR count). The Morgan fingerprint density at radius 3 is 3.00 bits per heavy atom. The molecule has 0 aromatic heterocycles. The molecule has 0 radical (unpaired) electrons. The van der Waals surface area contributed by atoms with Gasteiger partial charge in [-0.3, -0.25) is 9.63 Å². The minimum absolute atomic E-state index is 0.0198. The minimum atomic E-state index is -0.349. The van der Waals surface area contributed by atoms with Crippen LogP contribution < -0.4 is 10.2 Å². The first-order valence-corrected chi connectivity index (χ1v) is 7.43. The molecular weight excluding hydrogens is 282 g/mol. The van der Waals surface area contributed by atoms with Crippen molar-refractivity contribution < 1.29 is 19.5 Å². The zero-order chi connectivity index (χ0) is 15.8. The summed E-state index contributed by atoms with van der Waals surface area (Å²) in [7, 11) is 1.54. The predicted octanol–water partition coefficient (Wildman–Crippen LogP) is 1.91. The second-order valence-corrected chi connectivity index (χ2v) is 5.23. The smallest absolute Gasteiger partial charge is 0.275 e. The maximum absolute atomic E-state index is 11.8. The highest BCUT2D eigenvalue weighted by Gasteiger charge is 2.20. The Labute approximate surface area is 130 Å². The molecule has 2 atom stereocenters. The molecule has 0 heterocycles. The zero-order valence-electron chi connectivity index (χ0n) is 12.7. The van der Waals surface area contributed by atoms with E-state index in [0.717, 1.165) is 25.7 Å². The topological polar surface area (TPSA) is 67.8 Å². The number of hydrogen-bond acceptors (Lipinski definition) is 4. The molecule has 1 aromatic rings. The van der Waals surface area contributed by atoms with Gasteiger partial charge >= 0.3 is 0 Å². The third kappa shape index (κ3) is 4.76. The number of carbonyl (C=O) groups excluding carboxylic acids is 1. The Balaban J connectivity index is 1.75. The van der Waals surface area contributed by atoms with Gasteiger partial charge in [0.05, 0.1) is 13.2 Å². The van der Waals surface area contributed by atoms with Crippen molar-refractivity contribution in [1.29, 1.82) is 0 Å². The first-order chi connectivity index (χ1) is 10.7. The van der Waals surface area contributed by atoms with E-state index in [1.54, 1.807) is 31.4 Å². The van der Waals surface area contributed by atoms with Crippen molar-refractivity contribution >= 4 is 5.91 Å². The van der Waals surface area contributed by atoms with E-state index in [2.05, 4.69) is 17.3 Å². The largest absolute Gasteiger partial charge is 0.497 e. The molecule has 1 aromatic carbocycles. The van der Waals surface area contributed by atoms with Crippen molar-refractivity contribution in [3.63, 3.8) is 0 Å². The van der Waals surface area contributed by atoms with Crippen LogP contribution in [0.3, 0.4) is 0 Å². The summed E-state index contributed by atoms with van der Waals surface area (Å²) in [5, 5.41) is 9.79. The molecule has 118 valence electrons. The zero-order valence-corrected chi connectivity index (χ0v) is 12.7. The molecule has 1 aliphatic carbocycles. The van der Waals surface area contributed by atoms with Crippen LogP contribution in [0.2, 0.25) is 0 Å². The molecule has 1 aliphatic rings. The van der Waals surface area contributed by atoms with E-state index in [-0.39, 0.29) is 24.5 Å². The van der Waals surface area contributed by atoms with Gasteiger partial charge in [0, 0.05) is 11.5 Å². The fourth-order valence-electron chi connectivity index (χ4n) is 2.41. The first-order valence-electron chi connectivity index (χ1n) is 7.43. The number of aliphatic hydroxyl groups is 1. The van der Waals surface area contributed by atoms with Gasteiger partial charge in [-0.25, -0.2) is 5.48 Å². The molecule has 2 N–H and O–H groups in total. The summed E-state index contributed by atoms with van der Waals surface area (Å²) in [5.41, 5.74) is 2.79. The highest BCUT2D eigenvalue weighted by atomic mass is 16.6. The first kappa shape index (κ1) is 16.3. The molecule has 22 heavy (non-hydrogen) atoms. The van der Waals surface area contributed by atoms with Gasteiger partial charge in [0.2, 0.25) is 0 Å². The number of nitrogens with one attached hydrogen (secondary N) is 1. The van der Waals surface area contributed by atoms with E-state index in [4.69, 9.17) is 9.57 Å². The standard InChI is InChI=1S/C17H21NO4/c1-21-15-9-4-7-14(12-15)17(20)18-22-11-5-8-13-6-2-3-10-16(13)19/h4,7,9,12-13,16,19H,2-3,6,10-11H2,1H3,(H,18,20). The SMILES string of the molecule is COc1cccc(C(=O)NOCC#CC2CCCCC2O)c1. The number of benzene rings is 1. The van der Waals surface area contributed by atoms with Crippen LogP contribution in [0.4, 0.5) is 0 Å². The number of ether oxygens (including phenoxy) is 1. The van der Waals surface area contributed by atoms with Crippen LogP contribution in [0.25, 0.3) is 0 Å². The maximum atomic E-state index is 11.8. The quantitative estimate of drug-likeness (QED) is 0.506. The summed E-state index contributed by atoms with van der Waals surface area (Å²) in [6, 6.07) is 6.80. The highest BCUT2D eigenvalue weighted by molar-refractivity contribution is 5.93. The van der Waals surface area contributed by atoms with Crippen molar-refractivity contribution in [3.8, 4) is 17.6 Å². The Hall–Kier alpha value is -2.03. The molecular formula is C17H21NO4.